The first-order valence-corrected chi connectivity index (χ1v) is 10.9. The Balaban J connectivity index is 1.33. The van der Waals surface area contributed by atoms with Crippen LogP contribution in [0.25, 0.3) is 0 Å². The van der Waals surface area contributed by atoms with E-state index >= 15 is 0 Å². The van der Waals surface area contributed by atoms with Crippen molar-refractivity contribution in [3.63, 3.8) is 0 Å². The minimum Gasteiger partial charge on any atom is -0.497 e. The monoisotopic (exact) mass is 432 g/mol. The molecule has 4 heterocycles. The van der Waals surface area contributed by atoms with Crippen molar-refractivity contribution >= 4 is 11.6 Å². The highest BCUT2D eigenvalue weighted by Crippen LogP contribution is 2.31. The standard InChI is InChI=1S/C24H25N5O3/c1-32-19-4-2-16(3-5-19)12-28-13-17-10-18(15-28)22-7-6-20(24(31)29(22)14-17)27-23(30)21-11-25-8-9-26-21/h2-9,11,17-18H,10,12-15H2,1H3,(H,27,30)/p+1/t17-,18+/m0/s1. The number of amides is 1. The maximum Gasteiger partial charge on any atom is 0.276 e. The van der Waals surface area contributed by atoms with Gasteiger partial charge in [0.25, 0.3) is 11.5 Å². The number of benzene rings is 1. The van der Waals surface area contributed by atoms with Gasteiger partial charge in [-0.25, -0.2) is 4.98 Å². The first-order valence-electron chi connectivity index (χ1n) is 10.9. The Kier molecular flexibility index (Phi) is 5.45. The highest BCUT2D eigenvalue weighted by atomic mass is 16.5. The molecule has 2 N–H and O–H groups in total. The summed E-state index contributed by atoms with van der Waals surface area (Å²) in [6, 6.07) is 12.0. The Morgan fingerprint density at radius 1 is 1.19 bits per heavy atom. The number of fused-ring (bicyclic) bond motifs is 4. The summed E-state index contributed by atoms with van der Waals surface area (Å²) < 4.78 is 7.11. The summed E-state index contributed by atoms with van der Waals surface area (Å²) in [7, 11) is 1.68. The van der Waals surface area contributed by atoms with E-state index in [0.29, 0.717) is 18.4 Å². The van der Waals surface area contributed by atoms with Crippen LogP contribution in [0.3, 0.4) is 0 Å². The summed E-state index contributed by atoms with van der Waals surface area (Å²) >= 11 is 0. The number of rotatable bonds is 5. The van der Waals surface area contributed by atoms with Crippen LogP contribution in [0.5, 0.6) is 5.75 Å². The number of anilines is 1. The van der Waals surface area contributed by atoms with E-state index in [1.54, 1.807) is 13.2 Å². The van der Waals surface area contributed by atoms with Gasteiger partial charge in [-0.3, -0.25) is 14.6 Å². The number of piperidine rings is 1. The molecule has 0 spiro atoms. The predicted molar refractivity (Wildman–Crippen MR) is 119 cm³/mol. The van der Waals surface area contributed by atoms with Crippen molar-refractivity contribution in [3.8, 4) is 5.75 Å². The van der Waals surface area contributed by atoms with Crippen LogP contribution in [-0.4, -0.2) is 40.6 Å². The van der Waals surface area contributed by atoms with Gasteiger partial charge in [-0.1, -0.05) is 0 Å². The van der Waals surface area contributed by atoms with Gasteiger partial charge in [0.2, 0.25) is 0 Å². The van der Waals surface area contributed by atoms with Crippen molar-refractivity contribution in [3.05, 3.63) is 82.3 Å². The molecule has 32 heavy (non-hydrogen) atoms. The number of nitrogens with one attached hydrogen (secondary N) is 2. The van der Waals surface area contributed by atoms with Gasteiger partial charge in [0.15, 0.2) is 0 Å². The first kappa shape index (κ1) is 20.4. The molecule has 3 aromatic rings. The molecule has 5 rings (SSSR count). The number of carbonyl (C=O) groups is 1. The molecule has 0 saturated carbocycles. The van der Waals surface area contributed by atoms with Gasteiger partial charge in [-0.05, 0) is 42.8 Å². The number of ether oxygens (including phenoxy) is 1. The summed E-state index contributed by atoms with van der Waals surface area (Å²) in [5.74, 6) is 1.22. The topological polar surface area (TPSA) is 90.6 Å². The summed E-state index contributed by atoms with van der Waals surface area (Å²) in [5, 5.41) is 2.70. The minimum atomic E-state index is -0.429. The highest BCUT2D eigenvalue weighted by Gasteiger charge is 2.37. The fourth-order valence-corrected chi connectivity index (χ4v) is 5.04. The van der Waals surface area contributed by atoms with Crippen molar-refractivity contribution < 1.29 is 14.4 Å². The number of hydrogen-bond donors (Lipinski definition) is 2. The molecule has 2 aliphatic heterocycles. The van der Waals surface area contributed by atoms with Crippen LogP contribution >= 0.6 is 0 Å². The van der Waals surface area contributed by atoms with Gasteiger partial charge in [-0.2, -0.15) is 0 Å². The van der Waals surface area contributed by atoms with Gasteiger partial charge in [0.05, 0.1) is 26.4 Å². The number of likely N-dealkylation sites (tertiary alicyclic amines) is 1. The van der Waals surface area contributed by atoms with Crippen LogP contribution in [0.4, 0.5) is 5.69 Å². The molecule has 8 nitrogen and oxygen atoms in total. The largest absolute Gasteiger partial charge is 0.497 e. The van der Waals surface area contributed by atoms with Crippen LogP contribution < -0.4 is 20.5 Å². The van der Waals surface area contributed by atoms with Gasteiger partial charge >= 0.3 is 0 Å². The Morgan fingerprint density at radius 3 is 2.78 bits per heavy atom. The van der Waals surface area contributed by atoms with Crippen LogP contribution in [0.1, 0.15) is 34.1 Å². The highest BCUT2D eigenvalue weighted by molar-refractivity contribution is 6.02. The number of nitrogens with zero attached hydrogens (tertiary/aromatic N) is 3. The normalized spacial score (nSPS) is 21.5. The lowest BCUT2D eigenvalue weighted by Crippen LogP contribution is -3.13. The Morgan fingerprint density at radius 2 is 2.03 bits per heavy atom. The first-order chi connectivity index (χ1) is 15.6. The van der Waals surface area contributed by atoms with Crippen LogP contribution in [0.2, 0.25) is 0 Å². The lowest BCUT2D eigenvalue weighted by Gasteiger charge is -2.40. The second-order valence-corrected chi connectivity index (χ2v) is 8.61. The SMILES string of the molecule is COc1ccc(C[NH+]2C[C@@H]3C[C@H](C2)c2ccc(NC(=O)c4cnccn4)c(=O)n2C3)cc1. The van der Waals surface area contributed by atoms with Crippen molar-refractivity contribution in [1.29, 1.82) is 0 Å². The number of methoxy groups -OCH3 is 1. The molecule has 1 unspecified atom stereocenters. The molecule has 2 aromatic heterocycles. The van der Waals surface area contributed by atoms with Gasteiger partial charge in [0.1, 0.15) is 23.7 Å². The maximum atomic E-state index is 13.1. The van der Waals surface area contributed by atoms with E-state index in [1.807, 2.05) is 22.8 Å². The predicted octanol–water partition coefficient (Wildman–Crippen LogP) is 1.10. The number of aromatic nitrogens is 3. The molecule has 164 valence electrons. The second kappa shape index (κ2) is 8.55. The molecule has 1 saturated heterocycles. The quantitative estimate of drug-likeness (QED) is 0.630. The van der Waals surface area contributed by atoms with E-state index in [4.69, 9.17) is 4.74 Å². The fourth-order valence-electron chi connectivity index (χ4n) is 5.04. The molecule has 3 atom stereocenters. The van der Waals surface area contributed by atoms with Crippen LogP contribution in [0.15, 0.2) is 59.8 Å². The molecule has 8 heteroatoms. The zero-order chi connectivity index (χ0) is 22.1. The maximum absolute atomic E-state index is 13.1. The minimum absolute atomic E-state index is 0.145. The zero-order valence-corrected chi connectivity index (χ0v) is 18.0. The fraction of sp³-hybridized carbons (Fsp3) is 0.333. The van der Waals surface area contributed by atoms with E-state index in [-0.39, 0.29) is 16.9 Å². The van der Waals surface area contributed by atoms with Crippen LogP contribution in [-0.2, 0) is 13.1 Å². The molecule has 0 aliphatic carbocycles. The van der Waals surface area contributed by atoms with Gasteiger partial charge < -0.3 is 19.5 Å². The zero-order valence-electron chi connectivity index (χ0n) is 18.0. The molecular weight excluding hydrogens is 406 g/mol. The summed E-state index contributed by atoms with van der Waals surface area (Å²) in [6.45, 7) is 3.68. The molecule has 1 aromatic carbocycles. The number of hydrogen-bond acceptors (Lipinski definition) is 5. The third-order valence-corrected chi connectivity index (χ3v) is 6.45. The summed E-state index contributed by atoms with van der Waals surface area (Å²) in [4.78, 5) is 35.0. The molecule has 2 aliphatic rings. The Hall–Kier alpha value is -3.52. The van der Waals surface area contributed by atoms with Gasteiger partial charge in [0, 0.05) is 42.0 Å². The third kappa shape index (κ3) is 4.01. The lowest BCUT2D eigenvalue weighted by molar-refractivity contribution is -0.924. The van der Waals surface area contributed by atoms with Crippen LogP contribution in [0, 0.1) is 5.92 Å². The number of carbonyl (C=O) groups excluding carboxylic acids is 1. The van der Waals surface area contributed by atoms with Crippen molar-refractivity contribution in [1.82, 2.24) is 14.5 Å². The molecule has 0 radical (unpaired) electrons. The van der Waals surface area contributed by atoms with E-state index in [0.717, 1.165) is 37.5 Å². The van der Waals surface area contributed by atoms with E-state index in [1.165, 1.54) is 29.1 Å². The van der Waals surface area contributed by atoms with Crippen molar-refractivity contribution in [2.45, 2.75) is 25.4 Å². The van der Waals surface area contributed by atoms with E-state index in [2.05, 4.69) is 27.4 Å². The number of pyridine rings is 1. The molecule has 2 bridgehead atoms. The van der Waals surface area contributed by atoms with Gasteiger partial charge in [-0.15, -0.1) is 0 Å². The Labute approximate surface area is 185 Å². The Bertz CT molecular complexity index is 1180. The summed E-state index contributed by atoms with van der Waals surface area (Å²) in [5.41, 5.74) is 2.68. The molecule has 1 amide bonds. The average Bonchev–Trinajstić information content (AvgIpc) is 2.82. The smallest absolute Gasteiger partial charge is 0.276 e. The lowest BCUT2D eigenvalue weighted by atomic mass is 9.83. The van der Waals surface area contributed by atoms with Crippen molar-refractivity contribution in [2.24, 2.45) is 5.92 Å². The number of quaternary nitrogens is 1. The molecular formula is C24H26N5O3+. The van der Waals surface area contributed by atoms with E-state index in [9.17, 15) is 9.59 Å². The third-order valence-electron chi connectivity index (χ3n) is 6.45. The second-order valence-electron chi connectivity index (χ2n) is 8.61. The molecule has 1 fully saturated rings. The van der Waals surface area contributed by atoms with E-state index < -0.39 is 5.91 Å². The van der Waals surface area contributed by atoms with Crippen molar-refractivity contribution in [2.75, 3.05) is 25.5 Å². The average molecular weight is 433 g/mol. The summed E-state index contributed by atoms with van der Waals surface area (Å²) in [6.07, 6.45) is 5.45.